The first-order valence-corrected chi connectivity index (χ1v) is 13.8. The van der Waals surface area contributed by atoms with Gasteiger partial charge in [0, 0.05) is 21.5 Å². The number of fused-ring (bicyclic) bond motifs is 1. The third-order valence-corrected chi connectivity index (χ3v) is 6.94. The number of aryl methyl sites for hydroxylation is 1. The van der Waals surface area contributed by atoms with Crippen LogP contribution < -0.4 is 0 Å². The lowest BCUT2D eigenvalue weighted by atomic mass is 10.0. The largest absolute Gasteiger partial charge is 0.462 e. The molecule has 2 aromatic rings. The van der Waals surface area contributed by atoms with Gasteiger partial charge in [0.15, 0.2) is 0 Å². The van der Waals surface area contributed by atoms with Gasteiger partial charge in [-0.2, -0.15) is 0 Å². The van der Waals surface area contributed by atoms with Crippen molar-refractivity contribution in [3.8, 4) is 0 Å². The molecule has 0 fully saturated rings. The first-order chi connectivity index (χ1) is 15.2. The van der Waals surface area contributed by atoms with Crippen LogP contribution in [0.4, 0.5) is 0 Å². The molecule has 0 aliphatic rings. The van der Waals surface area contributed by atoms with Gasteiger partial charge in [0.1, 0.15) is 0 Å². The van der Waals surface area contributed by atoms with Crippen molar-refractivity contribution >= 4 is 28.6 Å². The topological polar surface area (TPSA) is 42.1 Å². The zero-order valence-electron chi connectivity index (χ0n) is 20.1. The van der Waals surface area contributed by atoms with Gasteiger partial charge in [-0.05, 0) is 44.2 Å². The van der Waals surface area contributed by atoms with Gasteiger partial charge in [0.25, 0.3) is 0 Å². The Hall–Kier alpha value is -1.42. The predicted octanol–water partition coefficient (Wildman–Crippen LogP) is 8.70. The van der Waals surface area contributed by atoms with Crippen LogP contribution in [0.1, 0.15) is 113 Å². The molecule has 0 atom stereocenters. The number of unbranched alkanes of at least 4 members (excludes halogenated alkanes) is 12. The van der Waals surface area contributed by atoms with Crippen molar-refractivity contribution < 1.29 is 9.53 Å². The molecule has 0 amide bonds. The van der Waals surface area contributed by atoms with Crippen LogP contribution in [0.5, 0.6) is 0 Å². The Morgan fingerprint density at radius 2 is 1.45 bits per heavy atom. The number of carbonyl (C=O) groups is 1. The molecule has 0 saturated carbocycles. The average Bonchev–Trinajstić information content (AvgIpc) is 3.13. The Kier molecular flexibility index (Phi) is 12.8. The first-order valence-electron chi connectivity index (χ1n) is 12.6. The van der Waals surface area contributed by atoms with Crippen molar-refractivity contribution in [3.63, 3.8) is 0 Å². The fourth-order valence-corrected chi connectivity index (χ4v) is 5.08. The highest BCUT2D eigenvalue weighted by Gasteiger charge is 2.14. The molecular formula is C27H43NO2S. The molecule has 1 aromatic heterocycles. The van der Waals surface area contributed by atoms with Crippen molar-refractivity contribution in [1.29, 1.82) is 0 Å². The summed E-state index contributed by atoms with van der Waals surface area (Å²) in [5, 5.41) is 1.14. The average molecular weight is 446 g/mol. The van der Waals surface area contributed by atoms with E-state index in [4.69, 9.17) is 4.74 Å². The number of H-pyrrole nitrogens is 1. The van der Waals surface area contributed by atoms with Gasteiger partial charge in [-0.1, -0.05) is 84.0 Å². The SMILES string of the molecule is CCCCCCCCCCCCCCCc1[nH]c2ccc(C(=O)OCC)cc2c1SC. The third-order valence-electron chi connectivity index (χ3n) is 6.07. The summed E-state index contributed by atoms with van der Waals surface area (Å²) >= 11 is 1.77. The number of esters is 1. The number of ether oxygens (including phenoxy) is 1. The second-order valence-corrected chi connectivity index (χ2v) is 9.43. The molecule has 0 unspecified atom stereocenters. The Bertz CT molecular complexity index is 768. The quantitative estimate of drug-likeness (QED) is 0.150. The number of hydrogen-bond acceptors (Lipinski definition) is 3. The molecule has 0 aliphatic heterocycles. The molecule has 4 heteroatoms. The predicted molar refractivity (Wildman–Crippen MR) is 135 cm³/mol. The van der Waals surface area contributed by atoms with Crippen molar-refractivity contribution in [1.82, 2.24) is 4.98 Å². The zero-order valence-corrected chi connectivity index (χ0v) is 20.9. The van der Waals surface area contributed by atoms with E-state index in [0.29, 0.717) is 12.2 Å². The van der Waals surface area contributed by atoms with Crippen LogP contribution in [-0.4, -0.2) is 23.8 Å². The van der Waals surface area contributed by atoms with Crippen LogP contribution in [-0.2, 0) is 11.2 Å². The van der Waals surface area contributed by atoms with E-state index >= 15 is 0 Å². The maximum atomic E-state index is 12.1. The van der Waals surface area contributed by atoms with Gasteiger partial charge in [0.05, 0.1) is 12.2 Å². The van der Waals surface area contributed by atoms with Crippen molar-refractivity contribution in [3.05, 3.63) is 29.5 Å². The van der Waals surface area contributed by atoms with Crippen LogP contribution in [0.25, 0.3) is 10.9 Å². The second kappa shape index (κ2) is 15.4. The van der Waals surface area contributed by atoms with Gasteiger partial charge in [-0.3, -0.25) is 0 Å². The summed E-state index contributed by atoms with van der Waals surface area (Å²) < 4.78 is 5.15. The molecule has 0 aliphatic carbocycles. The van der Waals surface area contributed by atoms with Crippen molar-refractivity contribution in [2.75, 3.05) is 12.9 Å². The monoisotopic (exact) mass is 445 g/mol. The van der Waals surface area contributed by atoms with Gasteiger partial charge in [0.2, 0.25) is 0 Å². The molecule has 1 N–H and O–H groups in total. The summed E-state index contributed by atoms with van der Waals surface area (Å²) in [5.41, 5.74) is 3.06. The molecule has 2 rings (SSSR count). The van der Waals surface area contributed by atoms with E-state index in [1.54, 1.807) is 11.8 Å². The lowest BCUT2D eigenvalue weighted by molar-refractivity contribution is 0.0526. The fraction of sp³-hybridized carbons (Fsp3) is 0.667. The van der Waals surface area contributed by atoms with Gasteiger partial charge in [-0.25, -0.2) is 4.79 Å². The molecule has 174 valence electrons. The molecule has 3 nitrogen and oxygen atoms in total. The van der Waals surface area contributed by atoms with Crippen molar-refractivity contribution in [2.45, 2.75) is 109 Å². The minimum Gasteiger partial charge on any atom is -0.462 e. The number of thioether (sulfide) groups is 1. The lowest BCUT2D eigenvalue weighted by Gasteiger charge is -2.04. The summed E-state index contributed by atoms with van der Waals surface area (Å²) in [5.74, 6) is -0.240. The summed E-state index contributed by atoms with van der Waals surface area (Å²) in [4.78, 5) is 16.9. The van der Waals surface area contributed by atoms with Gasteiger partial charge >= 0.3 is 5.97 Å². The molecule has 0 radical (unpaired) electrons. The normalized spacial score (nSPS) is 11.3. The molecule has 0 bridgehead atoms. The Morgan fingerprint density at radius 3 is 2.00 bits per heavy atom. The lowest BCUT2D eigenvalue weighted by Crippen LogP contribution is -2.03. The van der Waals surface area contributed by atoms with E-state index in [2.05, 4.69) is 18.2 Å². The summed E-state index contributed by atoms with van der Waals surface area (Å²) in [6, 6.07) is 5.84. The maximum Gasteiger partial charge on any atom is 0.338 e. The van der Waals surface area contributed by atoms with Crippen LogP contribution in [0.15, 0.2) is 23.1 Å². The highest BCUT2D eigenvalue weighted by atomic mass is 32.2. The second-order valence-electron chi connectivity index (χ2n) is 8.61. The van der Waals surface area contributed by atoms with E-state index < -0.39 is 0 Å². The number of aromatic amines is 1. The number of aromatic nitrogens is 1. The Morgan fingerprint density at radius 1 is 0.871 bits per heavy atom. The van der Waals surface area contributed by atoms with E-state index in [0.717, 1.165) is 17.3 Å². The highest BCUT2D eigenvalue weighted by molar-refractivity contribution is 7.98. The van der Waals surface area contributed by atoms with E-state index in [9.17, 15) is 4.79 Å². The number of nitrogens with one attached hydrogen (secondary N) is 1. The van der Waals surface area contributed by atoms with E-state index in [-0.39, 0.29) is 5.97 Å². The minimum absolute atomic E-state index is 0.240. The molecule has 0 spiro atoms. The van der Waals surface area contributed by atoms with Crippen LogP contribution in [0.2, 0.25) is 0 Å². The summed E-state index contributed by atoms with van der Waals surface area (Å²) in [7, 11) is 0. The van der Waals surface area contributed by atoms with E-state index in [1.807, 2.05) is 25.1 Å². The Balaban J connectivity index is 1.67. The van der Waals surface area contributed by atoms with E-state index in [1.165, 1.54) is 94.1 Å². The molecule has 31 heavy (non-hydrogen) atoms. The standard InChI is InChI=1S/C27H43NO2S/c1-4-6-7-8-9-10-11-12-13-14-15-16-17-18-25-26(31-3)23-21-22(27(29)30-5-2)19-20-24(23)28-25/h19-21,28H,4-18H2,1-3H3. The molecule has 1 heterocycles. The molecule has 1 aromatic carbocycles. The minimum atomic E-state index is -0.240. The summed E-state index contributed by atoms with van der Waals surface area (Å²) in [6.45, 7) is 4.53. The van der Waals surface area contributed by atoms with Crippen molar-refractivity contribution in [2.24, 2.45) is 0 Å². The van der Waals surface area contributed by atoms with Crippen LogP contribution in [0, 0.1) is 0 Å². The Labute approximate surface area is 194 Å². The maximum absolute atomic E-state index is 12.1. The number of carbonyl (C=O) groups excluding carboxylic acids is 1. The molecule has 0 saturated heterocycles. The smallest absolute Gasteiger partial charge is 0.338 e. The number of benzene rings is 1. The molecular weight excluding hydrogens is 402 g/mol. The van der Waals surface area contributed by atoms with Gasteiger partial charge in [-0.15, -0.1) is 11.8 Å². The summed E-state index contributed by atoms with van der Waals surface area (Å²) in [6.07, 6.45) is 21.2. The van der Waals surface area contributed by atoms with Gasteiger partial charge < -0.3 is 9.72 Å². The van der Waals surface area contributed by atoms with Crippen LogP contribution in [0.3, 0.4) is 0 Å². The highest BCUT2D eigenvalue weighted by Crippen LogP contribution is 2.32. The fourth-order valence-electron chi connectivity index (χ4n) is 4.29. The number of hydrogen-bond donors (Lipinski definition) is 1. The third kappa shape index (κ3) is 8.92. The zero-order chi connectivity index (χ0) is 22.3. The van der Waals surface area contributed by atoms with Crippen LogP contribution >= 0.6 is 11.8 Å². The number of rotatable bonds is 17. The first kappa shape index (κ1) is 25.8.